The molecule has 0 radical (unpaired) electrons. The van der Waals surface area contributed by atoms with Crippen LogP contribution in [0.15, 0.2) is 29.6 Å². The minimum absolute atomic E-state index is 0.338. The van der Waals surface area contributed by atoms with Crippen molar-refractivity contribution >= 4 is 22.4 Å². The summed E-state index contributed by atoms with van der Waals surface area (Å²) in [6.45, 7) is 4.00. The summed E-state index contributed by atoms with van der Waals surface area (Å²) >= 11 is 1.51. The Morgan fingerprint density at radius 1 is 1.38 bits per heavy atom. The van der Waals surface area contributed by atoms with Crippen LogP contribution < -0.4 is 4.90 Å². The number of benzene rings is 1. The second kappa shape index (κ2) is 6.26. The van der Waals surface area contributed by atoms with Gasteiger partial charge in [-0.05, 0) is 30.9 Å². The van der Waals surface area contributed by atoms with Crippen LogP contribution in [0.25, 0.3) is 0 Å². The maximum atomic E-state index is 11.7. The zero-order valence-electron chi connectivity index (χ0n) is 12.0. The monoisotopic (exact) mass is 302 g/mol. The van der Waals surface area contributed by atoms with E-state index in [2.05, 4.69) is 34.1 Å². The first kappa shape index (κ1) is 14.1. The van der Waals surface area contributed by atoms with Crippen LogP contribution in [0.2, 0.25) is 0 Å². The molecule has 3 rings (SSSR count). The van der Waals surface area contributed by atoms with Gasteiger partial charge in [0.05, 0.1) is 6.61 Å². The topological polar surface area (TPSA) is 42.4 Å². The fraction of sp³-hybridized carbons (Fsp3) is 0.375. The number of carbonyl (C=O) groups is 1. The number of ether oxygens (including phenoxy) is 1. The normalized spacial score (nSPS) is 14.4. The number of aromatic nitrogens is 1. The van der Waals surface area contributed by atoms with E-state index >= 15 is 0 Å². The van der Waals surface area contributed by atoms with Crippen molar-refractivity contribution in [3.63, 3.8) is 0 Å². The summed E-state index contributed by atoms with van der Waals surface area (Å²) in [5, 5.41) is 2.68. The van der Waals surface area contributed by atoms with Crippen LogP contribution in [0.1, 0.15) is 35.0 Å². The van der Waals surface area contributed by atoms with E-state index in [1.807, 2.05) is 0 Å². The van der Waals surface area contributed by atoms with Crippen LogP contribution in [-0.4, -0.2) is 24.1 Å². The average molecular weight is 302 g/mol. The number of hydrogen-bond donors (Lipinski definition) is 0. The van der Waals surface area contributed by atoms with Gasteiger partial charge in [0.2, 0.25) is 0 Å². The predicted molar refractivity (Wildman–Crippen MR) is 83.9 cm³/mol. The van der Waals surface area contributed by atoms with Crippen molar-refractivity contribution in [1.29, 1.82) is 0 Å². The number of esters is 1. The highest BCUT2D eigenvalue weighted by Crippen LogP contribution is 2.26. The molecule has 1 aromatic carbocycles. The van der Waals surface area contributed by atoms with Crippen molar-refractivity contribution in [2.75, 3.05) is 18.1 Å². The van der Waals surface area contributed by atoms with E-state index in [4.69, 9.17) is 4.74 Å². The average Bonchev–Trinajstić information content (AvgIpc) is 2.88. The third-order valence-corrected chi connectivity index (χ3v) is 4.50. The zero-order valence-corrected chi connectivity index (χ0v) is 12.9. The molecular weight excluding hydrogens is 284 g/mol. The molecule has 0 amide bonds. The Morgan fingerprint density at radius 3 is 3.00 bits per heavy atom. The second-order valence-electron chi connectivity index (χ2n) is 5.03. The molecule has 0 unspecified atom stereocenters. The van der Waals surface area contributed by atoms with Gasteiger partial charge in [-0.1, -0.05) is 24.3 Å². The summed E-state index contributed by atoms with van der Waals surface area (Å²) in [5.74, 6) is -0.338. The maximum Gasteiger partial charge on any atom is 0.357 e. The highest BCUT2D eigenvalue weighted by molar-refractivity contribution is 7.13. The number of anilines is 1. The van der Waals surface area contributed by atoms with E-state index in [0.29, 0.717) is 12.3 Å². The molecule has 5 heteroatoms. The fourth-order valence-electron chi connectivity index (χ4n) is 2.57. The van der Waals surface area contributed by atoms with Crippen molar-refractivity contribution in [3.8, 4) is 0 Å². The Hall–Kier alpha value is -1.88. The fourth-order valence-corrected chi connectivity index (χ4v) is 3.39. The highest BCUT2D eigenvalue weighted by atomic mass is 32.1. The summed E-state index contributed by atoms with van der Waals surface area (Å²) in [6, 6.07) is 8.54. The minimum Gasteiger partial charge on any atom is -0.461 e. The SMILES string of the molecule is CCOC(=O)c1csc(N2CCCc3ccccc3C2)n1. The molecule has 0 aliphatic carbocycles. The largest absolute Gasteiger partial charge is 0.461 e. The van der Waals surface area contributed by atoms with Crippen molar-refractivity contribution in [3.05, 3.63) is 46.5 Å². The minimum atomic E-state index is -0.338. The summed E-state index contributed by atoms with van der Waals surface area (Å²) in [6.07, 6.45) is 2.20. The third-order valence-electron chi connectivity index (χ3n) is 3.60. The lowest BCUT2D eigenvalue weighted by molar-refractivity contribution is 0.0520. The van der Waals surface area contributed by atoms with E-state index in [9.17, 15) is 4.79 Å². The number of aryl methyl sites for hydroxylation is 1. The molecule has 0 spiro atoms. The summed E-state index contributed by atoms with van der Waals surface area (Å²) in [7, 11) is 0. The van der Waals surface area contributed by atoms with Gasteiger partial charge in [0, 0.05) is 18.5 Å². The van der Waals surface area contributed by atoms with Crippen LogP contribution in [0, 0.1) is 0 Å². The van der Waals surface area contributed by atoms with Crippen molar-refractivity contribution in [2.45, 2.75) is 26.3 Å². The Labute approximate surface area is 128 Å². The Bertz CT molecular complexity index is 639. The molecule has 110 valence electrons. The van der Waals surface area contributed by atoms with E-state index in [-0.39, 0.29) is 5.97 Å². The number of nitrogens with zero attached hydrogens (tertiary/aromatic N) is 2. The molecule has 1 aliphatic heterocycles. The number of thiazole rings is 1. The van der Waals surface area contributed by atoms with Crippen molar-refractivity contribution < 1.29 is 9.53 Å². The molecule has 1 aliphatic rings. The number of fused-ring (bicyclic) bond motifs is 1. The molecule has 1 aromatic heterocycles. The molecule has 21 heavy (non-hydrogen) atoms. The lowest BCUT2D eigenvalue weighted by Gasteiger charge is -2.19. The third kappa shape index (κ3) is 3.08. The lowest BCUT2D eigenvalue weighted by atomic mass is 10.0. The van der Waals surface area contributed by atoms with Crippen LogP contribution >= 0.6 is 11.3 Å². The molecule has 4 nitrogen and oxygen atoms in total. The van der Waals surface area contributed by atoms with Gasteiger partial charge in [0.1, 0.15) is 0 Å². The van der Waals surface area contributed by atoms with E-state index in [1.54, 1.807) is 12.3 Å². The Morgan fingerprint density at radius 2 is 2.19 bits per heavy atom. The molecule has 0 N–H and O–H groups in total. The Balaban J connectivity index is 1.80. The number of carbonyl (C=O) groups excluding carboxylic acids is 1. The maximum absolute atomic E-state index is 11.7. The zero-order chi connectivity index (χ0) is 14.7. The van der Waals surface area contributed by atoms with Gasteiger partial charge in [0.15, 0.2) is 10.8 Å². The highest BCUT2D eigenvalue weighted by Gasteiger charge is 2.19. The quantitative estimate of drug-likeness (QED) is 0.816. The molecular formula is C16H18N2O2S. The smallest absolute Gasteiger partial charge is 0.357 e. The first-order valence-corrected chi connectivity index (χ1v) is 8.10. The molecule has 0 fully saturated rings. The van der Waals surface area contributed by atoms with Crippen molar-refractivity contribution in [2.24, 2.45) is 0 Å². The molecule has 0 saturated heterocycles. The lowest BCUT2D eigenvalue weighted by Crippen LogP contribution is -2.22. The Kier molecular flexibility index (Phi) is 4.20. The van der Waals surface area contributed by atoms with Crippen LogP contribution in [0.4, 0.5) is 5.13 Å². The molecule has 2 heterocycles. The van der Waals surface area contributed by atoms with Gasteiger partial charge in [0.25, 0.3) is 0 Å². The second-order valence-corrected chi connectivity index (χ2v) is 5.87. The standard InChI is InChI=1S/C16H18N2O2S/c1-2-20-15(19)14-11-21-16(17-14)18-9-5-8-12-6-3-4-7-13(12)10-18/h3-4,6-7,11H,2,5,8-10H2,1H3. The van der Waals surface area contributed by atoms with E-state index in [1.165, 1.54) is 22.5 Å². The van der Waals surface area contributed by atoms with Crippen LogP contribution in [0.5, 0.6) is 0 Å². The molecule has 2 aromatic rings. The molecule has 0 bridgehead atoms. The summed E-state index contributed by atoms with van der Waals surface area (Å²) in [4.78, 5) is 18.4. The predicted octanol–water partition coefficient (Wildman–Crippen LogP) is 3.27. The van der Waals surface area contributed by atoms with Crippen LogP contribution in [-0.2, 0) is 17.7 Å². The van der Waals surface area contributed by atoms with Gasteiger partial charge in [-0.15, -0.1) is 11.3 Å². The molecule has 0 saturated carbocycles. The van der Waals surface area contributed by atoms with E-state index < -0.39 is 0 Å². The van der Waals surface area contributed by atoms with E-state index in [0.717, 1.165) is 31.1 Å². The molecule has 0 atom stereocenters. The van der Waals surface area contributed by atoms with Gasteiger partial charge in [-0.25, -0.2) is 9.78 Å². The van der Waals surface area contributed by atoms with Gasteiger partial charge < -0.3 is 9.64 Å². The van der Waals surface area contributed by atoms with Crippen LogP contribution in [0.3, 0.4) is 0 Å². The van der Waals surface area contributed by atoms with Gasteiger partial charge in [-0.3, -0.25) is 0 Å². The summed E-state index contributed by atoms with van der Waals surface area (Å²) < 4.78 is 5.00. The van der Waals surface area contributed by atoms with Crippen molar-refractivity contribution in [1.82, 2.24) is 4.98 Å². The van der Waals surface area contributed by atoms with Gasteiger partial charge in [-0.2, -0.15) is 0 Å². The summed E-state index contributed by atoms with van der Waals surface area (Å²) in [5.41, 5.74) is 3.18. The van der Waals surface area contributed by atoms with Gasteiger partial charge >= 0.3 is 5.97 Å². The number of hydrogen-bond acceptors (Lipinski definition) is 5. The number of rotatable bonds is 3. The first-order valence-electron chi connectivity index (χ1n) is 7.22. The first-order chi connectivity index (χ1) is 10.3.